The second-order valence-electron chi connectivity index (χ2n) is 5.85. The van der Waals surface area contributed by atoms with Crippen LogP contribution in [0.25, 0.3) is 0 Å². The topological polar surface area (TPSA) is 35.5 Å². The van der Waals surface area contributed by atoms with E-state index in [1.807, 2.05) is 6.92 Å². The SMILES string of the molecule is CC(OC(=O)OC1CCCCC1)C1CCCCC1. The molecule has 0 radical (unpaired) electrons. The lowest BCUT2D eigenvalue weighted by molar-refractivity contribution is -0.0246. The van der Waals surface area contributed by atoms with Crippen LogP contribution in [0, 0.1) is 5.92 Å². The second-order valence-corrected chi connectivity index (χ2v) is 5.85. The van der Waals surface area contributed by atoms with E-state index in [-0.39, 0.29) is 12.2 Å². The van der Waals surface area contributed by atoms with Crippen molar-refractivity contribution in [2.75, 3.05) is 0 Å². The first-order valence-corrected chi connectivity index (χ1v) is 7.63. The van der Waals surface area contributed by atoms with Crippen molar-refractivity contribution in [3.05, 3.63) is 0 Å². The van der Waals surface area contributed by atoms with Gasteiger partial charge in [-0.15, -0.1) is 0 Å². The number of carbonyl (C=O) groups excluding carboxylic acids is 1. The predicted molar refractivity (Wildman–Crippen MR) is 70.5 cm³/mol. The van der Waals surface area contributed by atoms with Gasteiger partial charge < -0.3 is 9.47 Å². The third-order valence-corrected chi connectivity index (χ3v) is 4.41. The largest absolute Gasteiger partial charge is 0.508 e. The standard InChI is InChI=1S/C15H26O3/c1-12(13-8-4-2-5-9-13)17-15(16)18-14-10-6-3-7-11-14/h12-14H,2-11H2,1H3. The predicted octanol–water partition coefficient (Wildman–Crippen LogP) is 4.44. The van der Waals surface area contributed by atoms with Crippen LogP contribution in [0.4, 0.5) is 4.79 Å². The van der Waals surface area contributed by atoms with Crippen LogP contribution in [0.5, 0.6) is 0 Å². The second kappa shape index (κ2) is 7.01. The average Bonchev–Trinajstić information content (AvgIpc) is 2.40. The molecule has 0 aromatic rings. The third kappa shape index (κ3) is 4.18. The highest BCUT2D eigenvalue weighted by molar-refractivity contribution is 5.60. The number of hydrogen-bond donors (Lipinski definition) is 0. The first kappa shape index (κ1) is 13.7. The number of ether oxygens (including phenoxy) is 2. The van der Waals surface area contributed by atoms with Crippen LogP contribution in [0.15, 0.2) is 0 Å². The van der Waals surface area contributed by atoms with Gasteiger partial charge in [0.1, 0.15) is 12.2 Å². The van der Waals surface area contributed by atoms with Gasteiger partial charge in [-0.25, -0.2) is 4.79 Å². The van der Waals surface area contributed by atoms with Gasteiger partial charge in [0.2, 0.25) is 0 Å². The molecule has 2 fully saturated rings. The molecule has 1 unspecified atom stereocenters. The van der Waals surface area contributed by atoms with Gasteiger partial charge >= 0.3 is 6.16 Å². The summed E-state index contributed by atoms with van der Waals surface area (Å²) in [7, 11) is 0. The maximum atomic E-state index is 11.7. The van der Waals surface area contributed by atoms with Gasteiger partial charge in [-0.2, -0.15) is 0 Å². The van der Waals surface area contributed by atoms with Gasteiger partial charge in [0.25, 0.3) is 0 Å². The fraction of sp³-hybridized carbons (Fsp3) is 0.933. The van der Waals surface area contributed by atoms with Gasteiger partial charge in [-0.3, -0.25) is 0 Å². The molecule has 0 saturated heterocycles. The Hall–Kier alpha value is -0.730. The zero-order chi connectivity index (χ0) is 12.8. The van der Waals surface area contributed by atoms with Crippen LogP contribution in [-0.4, -0.2) is 18.4 Å². The lowest BCUT2D eigenvalue weighted by atomic mass is 9.86. The van der Waals surface area contributed by atoms with E-state index in [0.717, 1.165) is 12.8 Å². The van der Waals surface area contributed by atoms with E-state index in [1.165, 1.54) is 51.4 Å². The van der Waals surface area contributed by atoms with Crippen molar-refractivity contribution >= 4 is 6.16 Å². The van der Waals surface area contributed by atoms with E-state index in [0.29, 0.717) is 5.92 Å². The third-order valence-electron chi connectivity index (χ3n) is 4.41. The maximum Gasteiger partial charge on any atom is 0.508 e. The molecule has 0 aromatic carbocycles. The summed E-state index contributed by atoms with van der Waals surface area (Å²) in [6, 6.07) is 0. The van der Waals surface area contributed by atoms with Crippen molar-refractivity contribution in [2.24, 2.45) is 5.92 Å². The van der Waals surface area contributed by atoms with Crippen molar-refractivity contribution in [3.63, 3.8) is 0 Å². The Balaban J connectivity index is 1.68. The first-order chi connectivity index (χ1) is 8.75. The van der Waals surface area contributed by atoms with E-state index >= 15 is 0 Å². The average molecular weight is 254 g/mol. The van der Waals surface area contributed by atoms with E-state index < -0.39 is 6.16 Å². The zero-order valence-electron chi connectivity index (χ0n) is 11.5. The molecule has 0 amide bonds. The Morgan fingerprint density at radius 2 is 1.50 bits per heavy atom. The molecule has 0 aliphatic heterocycles. The highest BCUT2D eigenvalue weighted by Crippen LogP contribution is 2.28. The van der Waals surface area contributed by atoms with Crippen molar-refractivity contribution in [2.45, 2.75) is 83.3 Å². The van der Waals surface area contributed by atoms with Crippen LogP contribution < -0.4 is 0 Å². The molecule has 3 heteroatoms. The minimum absolute atomic E-state index is 0.0152. The summed E-state index contributed by atoms with van der Waals surface area (Å²) in [5.74, 6) is 0.539. The minimum atomic E-state index is -0.444. The summed E-state index contributed by atoms with van der Waals surface area (Å²) in [5, 5.41) is 0. The Labute approximate surface area is 110 Å². The quantitative estimate of drug-likeness (QED) is 0.698. The summed E-state index contributed by atoms with van der Waals surface area (Å²) in [4.78, 5) is 11.7. The Morgan fingerprint density at radius 1 is 0.944 bits per heavy atom. The highest BCUT2D eigenvalue weighted by atomic mass is 16.7. The summed E-state index contributed by atoms with van der Waals surface area (Å²) in [5.41, 5.74) is 0. The van der Waals surface area contributed by atoms with Crippen LogP contribution in [0.3, 0.4) is 0 Å². The van der Waals surface area contributed by atoms with Gasteiger partial charge in [-0.1, -0.05) is 25.7 Å². The van der Waals surface area contributed by atoms with Crippen LogP contribution >= 0.6 is 0 Å². The van der Waals surface area contributed by atoms with Gasteiger partial charge in [-0.05, 0) is 51.4 Å². The molecule has 0 bridgehead atoms. The molecule has 104 valence electrons. The Morgan fingerprint density at radius 3 is 2.11 bits per heavy atom. The lowest BCUT2D eigenvalue weighted by Crippen LogP contribution is -2.29. The molecule has 2 rings (SSSR count). The van der Waals surface area contributed by atoms with E-state index in [1.54, 1.807) is 0 Å². The van der Waals surface area contributed by atoms with Crippen LogP contribution in [-0.2, 0) is 9.47 Å². The van der Waals surface area contributed by atoms with E-state index in [9.17, 15) is 4.79 Å². The molecule has 0 aromatic heterocycles. The Kier molecular flexibility index (Phi) is 5.33. The zero-order valence-corrected chi connectivity index (χ0v) is 11.5. The lowest BCUT2D eigenvalue weighted by Gasteiger charge is -2.28. The molecule has 0 heterocycles. The molecule has 2 aliphatic rings. The molecule has 2 saturated carbocycles. The molecule has 3 nitrogen and oxygen atoms in total. The molecular weight excluding hydrogens is 228 g/mol. The highest BCUT2D eigenvalue weighted by Gasteiger charge is 2.25. The van der Waals surface area contributed by atoms with Gasteiger partial charge in [0.15, 0.2) is 0 Å². The smallest absolute Gasteiger partial charge is 0.431 e. The van der Waals surface area contributed by atoms with Crippen molar-refractivity contribution in [3.8, 4) is 0 Å². The molecule has 0 spiro atoms. The van der Waals surface area contributed by atoms with Crippen LogP contribution in [0.1, 0.15) is 71.1 Å². The minimum Gasteiger partial charge on any atom is -0.431 e. The summed E-state index contributed by atoms with van der Waals surface area (Å²) in [6.45, 7) is 2.01. The normalized spacial score (nSPS) is 24.5. The summed E-state index contributed by atoms with van der Waals surface area (Å²) >= 11 is 0. The number of rotatable bonds is 3. The Bertz CT molecular complexity index is 252. The van der Waals surface area contributed by atoms with Crippen molar-refractivity contribution in [1.29, 1.82) is 0 Å². The first-order valence-electron chi connectivity index (χ1n) is 7.63. The number of hydrogen-bond acceptors (Lipinski definition) is 3. The van der Waals surface area contributed by atoms with E-state index in [2.05, 4.69) is 0 Å². The maximum absolute atomic E-state index is 11.7. The molecular formula is C15H26O3. The fourth-order valence-corrected chi connectivity index (χ4v) is 3.20. The van der Waals surface area contributed by atoms with Crippen molar-refractivity contribution in [1.82, 2.24) is 0 Å². The molecule has 0 N–H and O–H groups in total. The summed E-state index contributed by atoms with van der Waals surface area (Å²) < 4.78 is 10.8. The van der Waals surface area contributed by atoms with E-state index in [4.69, 9.17) is 9.47 Å². The van der Waals surface area contributed by atoms with Crippen LogP contribution in [0.2, 0.25) is 0 Å². The fourth-order valence-electron chi connectivity index (χ4n) is 3.20. The monoisotopic (exact) mass is 254 g/mol. The van der Waals surface area contributed by atoms with Gasteiger partial charge in [0.05, 0.1) is 0 Å². The number of carbonyl (C=O) groups is 1. The summed E-state index contributed by atoms with van der Waals surface area (Å²) in [6.07, 6.45) is 11.6. The van der Waals surface area contributed by atoms with Crippen molar-refractivity contribution < 1.29 is 14.3 Å². The molecule has 18 heavy (non-hydrogen) atoms. The molecule has 2 aliphatic carbocycles. The molecule has 1 atom stereocenters. The van der Waals surface area contributed by atoms with Gasteiger partial charge in [0, 0.05) is 0 Å².